The zero-order valence-corrected chi connectivity index (χ0v) is 11.2. The predicted octanol–water partition coefficient (Wildman–Crippen LogP) is 3.41. The molecule has 1 N–H and O–H groups in total. The summed E-state index contributed by atoms with van der Waals surface area (Å²) in [6, 6.07) is 4.74. The first-order valence-corrected chi connectivity index (χ1v) is 5.89. The van der Waals surface area contributed by atoms with Crippen LogP contribution < -0.4 is 10.1 Å². The first kappa shape index (κ1) is 14.6. The van der Waals surface area contributed by atoms with Crippen LogP contribution in [0.25, 0.3) is 0 Å². The van der Waals surface area contributed by atoms with Gasteiger partial charge in [0.25, 0.3) is 5.88 Å². The number of hydrogen-bond donors (Lipinski definition) is 1. The van der Waals surface area contributed by atoms with Gasteiger partial charge in [0.1, 0.15) is 0 Å². The Morgan fingerprint density at radius 3 is 2.62 bits per heavy atom. The van der Waals surface area contributed by atoms with Gasteiger partial charge in [0, 0.05) is 19.2 Å². The Morgan fingerprint density at radius 1 is 1.29 bits per heavy atom. The summed E-state index contributed by atoms with van der Waals surface area (Å²) in [7, 11) is 1.40. The van der Waals surface area contributed by atoms with Crippen molar-refractivity contribution >= 4 is 11.5 Å². The highest BCUT2D eigenvalue weighted by atomic mass is 19.1. The maximum absolute atomic E-state index is 13.7. The van der Waals surface area contributed by atoms with E-state index in [4.69, 9.17) is 4.74 Å². The number of pyridine rings is 1. The van der Waals surface area contributed by atoms with Gasteiger partial charge >= 0.3 is 5.69 Å². The molecular formula is C13H11F2N3O3. The van der Waals surface area contributed by atoms with Gasteiger partial charge in [-0.15, -0.1) is 0 Å². The minimum absolute atomic E-state index is 0.167. The lowest BCUT2D eigenvalue weighted by Crippen LogP contribution is -2.02. The van der Waals surface area contributed by atoms with Crippen LogP contribution in [-0.4, -0.2) is 17.0 Å². The van der Waals surface area contributed by atoms with Crippen molar-refractivity contribution in [1.29, 1.82) is 0 Å². The lowest BCUT2D eigenvalue weighted by molar-refractivity contribution is -0.385. The number of aromatic nitrogens is 1. The highest BCUT2D eigenvalue weighted by Gasteiger charge is 2.19. The van der Waals surface area contributed by atoms with Crippen LogP contribution in [0.1, 0.15) is 5.56 Å². The van der Waals surface area contributed by atoms with Crippen molar-refractivity contribution < 1.29 is 18.4 Å². The zero-order valence-electron chi connectivity index (χ0n) is 11.2. The van der Waals surface area contributed by atoms with Gasteiger partial charge in [-0.25, -0.2) is 8.78 Å². The van der Waals surface area contributed by atoms with Gasteiger partial charge < -0.3 is 10.1 Å². The second-order valence-corrected chi connectivity index (χ2v) is 4.19. The molecule has 0 saturated carbocycles. The second-order valence-electron chi connectivity index (χ2n) is 4.19. The standard InChI is InChI=1S/C13H11F2N3O3/c1-7-3-4-10(18(19)20)11(5-7)21-13-9(15)6-8(14)12(16-2)17-13/h3-6H,1-2H3,(H,16,17). The lowest BCUT2D eigenvalue weighted by atomic mass is 10.2. The molecule has 0 aliphatic carbocycles. The maximum atomic E-state index is 13.7. The van der Waals surface area contributed by atoms with Crippen LogP contribution in [0.15, 0.2) is 24.3 Å². The number of aryl methyl sites for hydroxylation is 1. The van der Waals surface area contributed by atoms with E-state index in [0.717, 1.165) is 0 Å². The van der Waals surface area contributed by atoms with E-state index in [2.05, 4.69) is 10.3 Å². The van der Waals surface area contributed by atoms with Crippen molar-refractivity contribution in [1.82, 2.24) is 4.98 Å². The molecule has 6 nitrogen and oxygen atoms in total. The summed E-state index contributed by atoms with van der Waals surface area (Å²) in [6.45, 7) is 1.70. The first-order valence-electron chi connectivity index (χ1n) is 5.89. The SMILES string of the molecule is CNc1nc(Oc2cc(C)ccc2[N+](=O)[O-])c(F)cc1F. The van der Waals surface area contributed by atoms with E-state index in [1.165, 1.54) is 25.2 Å². The number of halogens is 2. The van der Waals surface area contributed by atoms with E-state index >= 15 is 0 Å². The lowest BCUT2D eigenvalue weighted by Gasteiger charge is -2.09. The number of hydrogen-bond acceptors (Lipinski definition) is 5. The Bertz CT molecular complexity index is 707. The monoisotopic (exact) mass is 295 g/mol. The summed E-state index contributed by atoms with van der Waals surface area (Å²) < 4.78 is 32.1. The molecule has 8 heteroatoms. The zero-order chi connectivity index (χ0) is 15.6. The van der Waals surface area contributed by atoms with Gasteiger partial charge in [-0.05, 0) is 18.6 Å². The molecule has 0 amide bonds. The Balaban J connectivity index is 2.47. The van der Waals surface area contributed by atoms with E-state index < -0.39 is 22.4 Å². The molecule has 0 aliphatic rings. The van der Waals surface area contributed by atoms with Crippen molar-refractivity contribution in [2.75, 3.05) is 12.4 Å². The molecule has 0 aliphatic heterocycles. The fourth-order valence-electron chi connectivity index (χ4n) is 1.65. The molecular weight excluding hydrogens is 284 g/mol. The normalized spacial score (nSPS) is 10.3. The summed E-state index contributed by atoms with van der Waals surface area (Å²) in [5, 5.41) is 13.4. The van der Waals surface area contributed by atoms with Crippen LogP contribution in [0, 0.1) is 28.7 Å². The minimum atomic E-state index is -1.05. The maximum Gasteiger partial charge on any atom is 0.311 e. The number of nitrogens with one attached hydrogen (secondary N) is 1. The van der Waals surface area contributed by atoms with E-state index in [0.29, 0.717) is 11.6 Å². The molecule has 0 unspecified atom stereocenters. The van der Waals surface area contributed by atoms with Crippen LogP contribution in [0.3, 0.4) is 0 Å². The molecule has 21 heavy (non-hydrogen) atoms. The third-order valence-corrected chi connectivity index (χ3v) is 2.65. The van der Waals surface area contributed by atoms with E-state index in [9.17, 15) is 18.9 Å². The number of nitrogens with zero attached hydrogens (tertiary/aromatic N) is 2. The molecule has 0 saturated heterocycles. The number of benzene rings is 1. The average molecular weight is 295 g/mol. The number of ether oxygens (including phenoxy) is 1. The van der Waals surface area contributed by atoms with Crippen LogP contribution in [-0.2, 0) is 0 Å². The molecule has 0 fully saturated rings. The molecule has 0 radical (unpaired) electrons. The molecule has 1 aromatic heterocycles. The summed E-state index contributed by atoms with van der Waals surface area (Å²) in [4.78, 5) is 13.9. The average Bonchev–Trinajstić information content (AvgIpc) is 2.41. The highest BCUT2D eigenvalue weighted by Crippen LogP contribution is 2.33. The Hall–Kier alpha value is -2.77. The Morgan fingerprint density at radius 2 is 2.00 bits per heavy atom. The third kappa shape index (κ3) is 3.04. The van der Waals surface area contributed by atoms with Crippen LogP contribution in [0.2, 0.25) is 0 Å². The topological polar surface area (TPSA) is 77.3 Å². The smallest absolute Gasteiger partial charge is 0.311 e. The van der Waals surface area contributed by atoms with Gasteiger partial charge in [-0.2, -0.15) is 4.98 Å². The summed E-state index contributed by atoms with van der Waals surface area (Å²) in [5.74, 6) is -2.88. The molecule has 0 spiro atoms. The van der Waals surface area contributed by atoms with Crippen molar-refractivity contribution in [3.8, 4) is 11.6 Å². The van der Waals surface area contributed by atoms with Gasteiger partial charge in [-0.1, -0.05) is 6.07 Å². The van der Waals surface area contributed by atoms with Crippen molar-refractivity contribution in [3.63, 3.8) is 0 Å². The molecule has 1 aromatic carbocycles. The van der Waals surface area contributed by atoms with E-state index in [1.54, 1.807) is 6.92 Å². The van der Waals surface area contributed by atoms with Crippen molar-refractivity contribution in [2.45, 2.75) is 6.92 Å². The number of rotatable bonds is 4. The van der Waals surface area contributed by atoms with Crippen LogP contribution in [0.4, 0.5) is 20.3 Å². The number of nitro benzene ring substituents is 1. The fraction of sp³-hybridized carbons (Fsp3) is 0.154. The van der Waals surface area contributed by atoms with Crippen molar-refractivity contribution in [2.24, 2.45) is 0 Å². The molecule has 0 atom stereocenters. The van der Waals surface area contributed by atoms with Gasteiger partial charge in [0.15, 0.2) is 17.5 Å². The molecule has 1 heterocycles. The number of anilines is 1. The summed E-state index contributed by atoms with van der Waals surface area (Å²) in [6.07, 6.45) is 0. The van der Waals surface area contributed by atoms with E-state index in [1.807, 2.05) is 0 Å². The first-order chi connectivity index (χ1) is 9.92. The van der Waals surface area contributed by atoms with Crippen LogP contribution in [0.5, 0.6) is 11.6 Å². The third-order valence-electron chi connectivity index (χ3n) is 2.65. The quantitative estimate of drug-likeness (QED) is 0.691. The Kier molecular flexibility index (Phi) is 3.97. The molecule has 2 aromatic rings. The fourth-order valence-corrected chi connectivity index (χ4v) is 1.65. The van der Waals surface area contributed by atoms with Gasteiger partial charge in [0.05, 0.1) is 4.92 Å². The second kappa shape index (κ2) is 5.70. The number of nitro groups is 1. The van der Waals surface area contributed by atoms with Crippen LogP contribution >= 0.6 is 0 Å². The highest BCUT2D eigenvalue weighted by molar-refractivity contribution is 5.50. The largest absolute Gasteiger partial charge is 0.429 e. The van der Waals surface area contributed by atoms with Gasteiger partial charge in [0.2, 0.25) is 5.75 Å². The minimum Gasteiger partial charge on any atom is -0.429 e. The predicted molar refractivity (Wildman–Crippen MR) is 71.6 cm³/mol. The molecule has 110 valence electrons. The van der Waals surface area contributed by atoms with E-state index in [-0.39, 0.29) is 17.3 Å². The molecule has 0 bridgehead atoms. The summed E-state index contributed by atoms with van der Waals surface area (Å²) >= 11 is 0. The van der Waals surface area contributed by atoms with Crippen molar-refractivity contribution in [3.05, 3.63) is 51.6 Å². The van der Waals surface area contributed by atoms with Gasteiger partial charge in [-0.3, -0.25) is 10.1 Å². The summed E-state index contributed by atoms with van der Waals surface area (Å²) in [5.41, 5.74) is 0.351. The Labute approximate surface area is 118 Å². The molecule has 2 rings (SSSR count).